The second-order valence-corrected chi connectivity index (χ2v) is 7.69. The van der Waals surface area contributed by atoms with Crippen molar-refractivity contribution in [3.05, 3.63) is 57.4 Å². The van der Waals surface area contributed by atoms with Crippen LogP contribution in [0.25, 0.3) is 5.82 Å². The van der Waals surface area contributed by atoms with E-state index in [4.69, 9.17) is 0 Å². The molecule has 2 N–H and O–H groups in total. The van der Waals surface area contributed by atoms with Crippen LogP contribution in [0.1, 0.15) is 40.7 Å². The van der Waals surface area contributed by atoms with E-state index in [1.54, 1.807) is 11.3 Å². The van der Waals surface area contributed by atoms with Gasteiger partial charge < -0.3 is 10.6 Å². The molecule has 3 heterocycles. The molecule has 3 aromatic rings. The van der Waals surface area contributed by atoms with Gasteiger partial charge in [0.2, 0.25) is 0 Å². The molecular weight excluding hydrogens is 497 g/mol. The molecule has 0 aromatic carbocycles. The molecule has 29 heavy (non-hydrogen) atoms. The molecule has 0 amide bonds. The van der Waals surface area contributed by atoms with Gasteiger partial charge in [0.1, 0.15) is 5.01 Å². The molecule has 156 valence electrons. The van der Waals surface area contributed by atoms with Crippen molar-refractivity contribution in [1.82, 2.24) is 30.4 Å². The molecule has 0 radical (unpaired) electrons. The van der Waals surface area contributed by atoms with Gasteiger partial charge in [-0.15, -0.1) is 35.3 Å². The fourth-order valence-corrected chi connectivity index (χ4v) is 3.56. The first kappa shape index (κ1) is 23.3. The molecule has 7 nitrogen and oxygen atoms in total. The SMILES string of the molecule is CCNC(=NCc1ccc(-n2nc(C)cc2C)nc1)NCc1ncc(CC)s1.I. The molecule has 9 heteroatoms. The van der Waals surface area contributed by atoms with Crippen molar-refractivity contribution in [3.63, 3.8) is 0 Å². The lowest BCUT2D eigenvalue weighted by Gasteiger charge is -2.10. The van der Waals surface area contributed by atoms with Gasteiger partial charge in [-0.1, -0.05) is 13.0 Å². The summed E-state index contributed by atoms with van der Waals surface area (Å²) in [5, 5.41) is 12.2. The van der Waals surface area contributed by atoms with Gasteiger partial charge >= 0.3 is 0 Å². The highest BCUT2D eigenvalue weighted by molar-refractivity contribution is 14.0. The number of pyridine rings is 1. The van der Waals surface area contributed by atoms with Gasteiger partial charge in [-0.2, -0.15) is 5.10 Å². The highest BCUT2D eigenvalue weighted by Gasteiger charge is 2.06. The van der Waals surface area contributed by atoms with Crippen molar-refractivity contribution >= 4 is 41.3 Å². The molecule has 0 unspecified atom stereocenters. The maximum Gasteiger partial charge on any atom is 0.191 e. The Morgan fingerprint density at radius 2 is 1.97 bits per heavy atom. The Kier molecular flexibility index (Phi) is 9.02. The van der Waals surface area contributed by atoms with E-state index in [2.05, 4.69) is 44.5 Å². The first-order valence-corrected chi connectivity index (χ1v) is 10.3. The van der Waals surface area contributed by atoms with Gasteiger partial charge in [-0.25, -0.2) is 19.6 Å². The lowest BCUT2D eigenvalue weighted by molar-refractivity contribution is 0.799. The zero-order chi connectivity index (χ0) is 19.9. The molecule has 0 bridgehead atoms. The average molecular weight is 525 g/mol. The Morgan fingerprint density at radius 3 is 2.55 bits per heavy atom. The minimum Gasteiger partial charge on any atom is -0.357 e. The lowest BCUT2D eigenvalue weighted by Crippen LogP contribution is -2.36. The fourth-order valence-electron chi connectivity index (χ4n) is 2.76. The minimum absolute atomic E-state index is 0. The standard InChI is InChI=1S/C20H27N7S.HI/c1-5-17-12-23-19(28-17)13-25-20(21-6-2)24-11-16-7-8-18(22-10-16)27-15(4)9-14(3)26-27;/h7-10,12H,5-6,11,13H2,1-4H3,(H2,21,24,25);1H. The quantitative estimate of drug-likeness (QED) is 0.279. The zero-order valence-corrected chi connectivity index (χ0v) is 20.4. The van der Waals surface area contributed by atoms with Crippen LogP contribution in [0, 0.1) is 13.8 Å². The van der Waals surface area contributed by atoms with Crippen LogP contribution in [0.3, 0.4) is 0 Å². The summed E-state index contributed by atoms with van der Waals surface area (Å²) in [7, 11) is 0. The number of aliphatic imine (C=N–C) groups is 1. The van der Waals surface area contributed by atoms with Crippen molar-refractivity contribution in [2.24, 2.45) is 4.99 Å². The summed E-state index contributed by atoms with van der Waals surface area (Å²) >= 11 is 1.74. The maximum absolute atomic E-state index is 4.66. The first-order valence-electron chi connectivity index (χ1n) is 9.53. The number of hydrogen-bond acceptors (Lipinski definition) is 5. The van der Waals surface area contributed by atoms with E-state index in [1.807, 2.05) is 49.1 Å². The molecule has 0 aliphatic heterocycles. The smallest absolute Gasteiger partial charge is 0.191 e. The molecule has 0 spiro atoms. The van der Waals surface area contributed by atoms with Crippen LogP contribution in [0.15, 0.2) is 35.6 Å². The number of nitrogens with zero attached hydrogens (tertiary/aromatic N) is 5. The maximum atomic E-state index is 4.66. The minimum atomic E-state index is 0. The number of nitrogens with one attached hydrogen (secondary N) is 2. The van der Waals surface area contributed by atoms with Gasteiger partial charge in [0.05, 0.1) is 18.8 Å². The summed E-state index contributed by atoms with van der Waals surface area (Å²) in [4.78, 5) is 14.9. The third-order valence-corrected chi connectivity index (χ3v) is 5.30. The van der Waals surface area contributed by atoms with Crippen molar-refractivity contribution in [2.45, 2.75) is 47.2 Å². The molecule has 3 rings (SSSR count). The summed E-state index contributed by atoms with van der Waals surface area (Å²) in [5.41, 5.74) is 3.11. The fraction of sp³-hybridized carbons (Fsp3) is 0.400. The van der Waals surface area contributed by atoms with Crippen LogP contribution in [-0.2, 0) is 19.5 Å². The average Bonchev–Trinajstić information content (AvgIpc) is 3.30. The summed E-state index contributed by atoms with van der Waals surface area (Å²) in [6.07, 6.45) is 4.82. The summed E-state index contributed by atoms with van der Waals surface area (Å²) in [6.45, 7) is 10.2. The molecular formula is C20H28IN7S. The molecule has 0 saturated heterocycles. The highest BCUT2D eigenvalue weighted by atomic mass is 127. The van der Waals surface area contributed by atoms with Crippen molar-refractivity contribution < 1.29 is 0 Å². The summed E-state index contributed by atoms with van der Waals surface area (Å²) in [5.74, 6) is 1.59. The van der Waals surface area contributed by atoms with Gasteiger partial charge in [-0.05, 0) is 44.9 Å². The Balaban J connectivity index is 0.00000300. The number of guanidine groups is 1. The number of aromatic nitrogens is 4. The zero-order valence-electron chi connectivity index (χ0n) is 17.3. The van der Waals surface area contributed by atoms with E-state index in [1.165, 1.54) is 4.88 Å². The normalized spacial score (nSPS) is 11.2. The van der Waals surface area contributed by atoms with E-state index in [0.29, 0.717) is 13.1 Å². The van der Waals surface area contributed by atoms with E-state index in [-0.39, 0.29) is 24.0 Å². The van der Waals surface area contributed by atoms with Gasteiger partial charge in [0.25, 0.3) is 0 Å². The topological polar surface area (TPSA) is 80.0 Å². The van der Waals surface area contributed by atoms with E-state index >= 15 is 0 Å². The Morgan fingerprint density at radius 1 is 1.14 bits per heavy atom. The van der Waals surface area contributed by atoms with E-state index in [9.17, 15) is 0 Å². The van der Waals surface area contributed by atoms with Crippen LogP contribution in [0.2, 0.25) is 0 Å². The van der Waals surface area contributed by atoms with Crippen molar-refractivity contribution in [2.75, 3.05) is 6.54 Å². The third-order valence-electron chi connectivity index (χ3n) is 4.16. The monoisotopic (exact) mass is 525 g/mol. The largest absolute Gasteiger partial charge is 0.357 e. The number of hydrogen-bond donors (Lipinski definition) is 2. The van der Waals surface area contributed by atoms with Crippen molar-refractivity contribution in [3.8, 4) is 5.82 Å². The van der Waals surface area contributed by atoms with Gasteiger partial charge in [-0.3, -0.25) is 0 Å². The molecule has 3 aromatic heterocycles. The molecule has 0 atom stereocenters. The van der Waals surface area contributed by atoms with Crippen LogP contribution in [0.4, 0.5) is 0 Å². The molecule has 0 aliphatic carbocycles. The number of rotatable bonds is 7. The predicted octanol–water partition coefficient (Wildman–Crippen LogP) is 3.78. The second kappa shape index (κ2) is 11.2. The lowest BCUT2D eigenvalue weighted by atomic mass is 10.3. The van der Waals surface area contributed by atoms with E-state index < -0.39 is 0 Å². The van der Waals surface area contributed by atoms with Gasteiger partial charge in [0.15, 0.2) is 11.8 Å². The van der Waals surface area contributed by atoms with Crippen LogP contribution in [0.5, 0.6) is 0 Å². The second-order valence-electron chi connectivity index (χ2n) is 6.49. The van der Waals surface area contributed by atoms with Crippen molar-refractivity contribution in [1.29, 1.82) is 0 Å². The van der Waals surface area contributed by atoms with E-state index in [0.717, 1.165) is 46.7 Å². The number of aryl methyl sites for hydroxylation is 3. The van der Waals surface area contributed by atoms with Crippen LogP contribution < -0.4 is 10.6 Å². The highest BCUT2D eigenvalue weighted by Crippen LogP contribution is 2.13. The summed E-state index contributed by atoms with van der Waals surface area (Å²) < 4.78 is 1.85. The van der Waals surface area contributed by atoms with Gasteiger partial charge in [0, 0.05) is 29.5 Å². The predicted molar refractivity (Wildman–Crippen MR) is 129 cm³/mol. The van der Waals surface area contributed by atoms with Crippen LogP contribution in [-0.4, -0.2) is 32.3 Å². The molecule has 0 saturated carbocycles. The Hall–Kier alpha value is -2.01. The molecule has 0 aliphatic rings. The first-order chi connectivity index (χ1) is 13.6. The molecule has 0 fully saturated rings. The summed E-state index contributed by atoms with van der Waals surface area (Å²) in [6, 6.07) is 6.06. The number of thiazole rings is 1. The number of halogens is 1. The Bertz CT molecular complexity index is 931. The Labute approximate surface area is 193 Å². The van der Waals surface area contributed by atoms with Crippen LogP contribution >= 0.6 is 35.3 Å². The third kappa shape index (κ3) is 6.49.